The van der Waals surface area contributed by atoms with Crippen molar-refractivity contribution in [1.82, 2.24) is 9.97 Å². The van der Waals surface area contributed by atoms with Crippen molar-refractivity contribution >= 4 is 35.9 Å². The summed E-state index contributed by atoms with van der Waals surface area (Å²) in [4.78, 5) is 28.7. The van der Waals surface area contributed by atoms with Crippen LogP contribution in [0.3, 0.4) is 0 Å². The van der Waals surface area contributed by atoms with E-state index in [0.29, 0.717) is 10.8 Å². The Hall–Kier alpha value is -3.79. The van der Waals surface area contributed by atoms with Crippen molar-refractivity contribution in [2.24, 2.45) is 10.1 Å². The number of benzene rings is 2. The molecule has 0 N–H and O–H groups in total. The summed E-state index contributed by atoms with van der Waals surface area (Å²) in [6.07, 6.45) is 5.62. The lowest BCUT2D eigenvalue weighted by Gasteiger charge is -2.01. The number of ether oxygens (including phenoxy) is 1. The third-order valence-corrected chi connectivity index (χ3v) is 4.30. The van der Waals surface area contributed by atoms with Crippen molar-refractivity contribution in [1.29, 1.82) is 0 Å². The Morgan fingerprint density at radius 3 is 2.52 bits per heavy atom. The van der Waals surface area contributed by atoms with Crippen LogP contribution in [0.25, 0.3) is 0 Å². The van der Waals surface area contributed by atoms with Crippen molar-refractivity contribution in [2.45, 2.75) is 17.0 Å². The second-order valence-electron chi connectivity index (χ2n) is 5.53. The van der Waals surface area contributed by atoms with Gasteiger partial charge in [0.15, 0.2) is 5.16 Å². The van der Waals surface area contributed by atoms with Gasteiger partial charge in [0.2, 0.25) is 18.6 Å². The highest BCUT2D eigenvalue weighted by molar-refractivity contribution is 7.99. The van der Waals surface area contributed by atoms with E-state index in [4.69, 9.17) is 9.57 Å². The summed E-state index contributed by atoms with van der Waals surface area (Å²) >= 11 is 1.45. The van der Waals surface area contributed by atoms with Crippen LogP contribution in [0.15, 0.2) is 81.1 Å². The molecule has 0 radical (unpaired) electrons. The number of nitro benzene ring substituents is 1. The predicted octanol–water partition coefficient (Wildman–Crippen LogP) is 4.54. The van der Waals surface area contributed by atoms with Crippen LogP contribution in [0.2, 0.25) is 0 Å². The second kappa shape index (κ2) is 9.95. The zero-order valence-corrected chi connectivity index (χ0v) is 16.0. The molecule has 0 bridgehead atoms. The topological polar surface area (TPSA) is 112 Å². The lowest BCUT2D eigenvalue weighted by molar-refractivity contribution is -0.385. The Labute approximate surface area is 170 Å². The van der Waals surface area contributed by atoms with Crippen molar-refractivity contribution in [3.63, 3.8) is 0 Å². The van der Waals surface area contributed by atoms with E-state index < -0.39 is 4.92 Å². The largest absolute Gasteiger partial charge is 0.435 e. The Kier molecular flexibility index (Phi) is 6.85. The molecule has 1 heterocycles. The molecule has 1 aromatic heterocycles. The summed E-state index contributed by atoms with van der Waals surface area (Å²) in [6.45, 7) is 1.94. The highest BCUT2D eigenvalue weighted by Gasteiger charge is 2.12. The quantitative estimate of drug-likeness (QED) is 0.176. The van der Waals surface area contributed by atoms with Crippen LogP contribution in [0.1, 0.15) is 5.56 Å². The van der Waals surface area contributed by atoms with Crippen molar-refractivity contribution < 1.29 is 14.5 Å². The molecule has 3 rings (SSSR count). The number of aliphatic imine (C=N–C) groups is 1. The molecule has 9 nitrogen and oxygen atoms in total. The van der Waals surface area contributed by atoms with E-state index in [1.807, 2.05) is 31.2 Å². The number of rotatable bonds is 8. The molecule has 0 aliphatic rings. The molecule has 0 unspecified atom stereocenters. The van der Waals surface area contributed by atoms with Crippen LogP contribution in [0, 0.1) is 17.0 Å². The Bertz CT molecular complexity index is 1020. The first kappa shape index (κ1) is 20.0. The summed E-state index contributed by atoms with van der Waals surface area (Å²) in [5, 5.41) is 15.1. The summed E-state index contributed by atoms with van der Waals surface area (Å²) < 4.78 is 5.10. The summed E-state index contributed by atoms with van der Waals surface area (Å²) in [5.41, 5.74) is 1.50. The third kappa shape index (κ3) is 6.11. The van der Waals surface area contributed by atoms with E-state index in [9.17, 15) is 10.1 Å². The molecule has 0 fully saturated rings. The molecule has 2 aromatic carbocycles. The lowest BCUT2D eigenvalue weighted by Crippen LogP contribution is -1.96. The smallest absolute Gasteiger partial charge is 0.311 e. The minimum absolute atomic E-state index is 0.0624. The summed E-state index contributed by atoms with van der Waals surface area (Å²) in [6, 6.07) is 13.4. The average molecular weight is 409 g/mol. The van der Waals surface area contributed by atoms with Gasteiger partial charge in [0.25, 0.3) is 0 Å². The second-order valence-corrected chi connectivity index (χ2v) is 6.57. The van der Waals surface area contributed by atoms with Gasteiger partial charge in [-0.3, -0.25) is 10.1 Å². The maximum atomic E-state index is 10.9. The normalized spacial score (nSPS) is 11.1. The van der Waals surface area contributed by atoms with Gasteiger partial charge in [0.05, 0.1) is 10.6 Å². The fourth-order valence-corrected chi connectivity index (χ4v) is 2.76. The van der Waals surface area contributed by atoms with Crippen LogP contribution in [0.4, 0.5) is 11.4 Å². The number of para-hydroxylation sites is 2. The number of nitrogens with zero attached hydrogens (tertiary/aromatic N) is 5. The van der Waals surface area contributed by atoms with E-state index in [-0.39, 0.29) is 11.4 Å². The van der Waals surface area contributed by atoms with E-state index in [1.165, 1.54) is 23.9 Å². The van der Waals surface area contributed by atoms with Gasteiger partial charge in [0.1, 0.15) is 0 Å². The van der Waals surface area contributed by atoms with Crippen LogP contribution in [-0.2, 0) is 4.84 Å². The minimum Gasteiger partial charge on any atom is -0.435 e. The van der Waals surface area contributed by atoms with E-state index in [0.717, 1.165) is 23.3 Å². The van der Waals surface area contributed by atoms with E-state index in [2.05, 4.69) is 20.1 Å². The number of hydrogen-bond acceptors (Lipinski definition) is 9. The van der Waals surface area contributed by atoms with Crippen molar-refractivity contribution in [2.75, 3.05) is 0 Å². The first-order chi connectivity index (χ1) is 14.1. The van der Waals surface area contributed by atoms with Gasteiger partial charge in [-0.05, 0) is 59.7 Å². The molecule has 0 saturated heterocycles. The maximum absolute atomic E-state index is 10.9. The van der Waals surface area contributed by atoms with Gasteiger partial charge in [0, 0.05) is 23.4 Å². The molecule has 0 aliphatic carbocycles. The first-order valence-corrected chi connectivity index (χ1v) is 9.10. The maximum Gasteiger partial charge on any atom is 0.311 e. The van der Waals surface area contributed by atoms with Crippen LogP contribution < -0.4 is 4.74 Å². The molecule has 29 heavy (non-hydrogen) atoms. The Morgan fingerprint density at radius 2 is 1.79 bits per heavy atom. The van der Waals surface area contributed by atoms with Crippen LogP contribution in [0.5, 0.6) is 5.75 Å². The molecule has 0 aliphatic heterocycles. The summed E-state index contributed by atoms with van der Waals surface area (Å²) in [5.74, 6) is 0.0624. The number of hydrogen-bond donors (Lipinski definition) is 0. The molecular weight excluding hydrogens is 394 g/mol. The fourth-order valence-electron chi connectivity index (χ4n) is 2.06. The van der Waals surface area contributed by atoms with Crippen LogP contribution >= 0.6 is 11.8 Å². The number of nitro groups is 1. The molecule has 0 atom stereocenters. The molecule has 10 heteroatoms. The summed E-state index contributed by atoms with van der Waals surface area (Å²) in [7, 11) is 0. The zero-order chi connectivity index (χ0) is 20.5. The highest BCUT2D eigenvalue weighted by Crippen LogP contribution is 2.26. The standard InChI is InChI=1S/C19H15N5O4S/c1-14-10-20-19(21-11-14)29-16-8-6-15(7-9-16)22-12-28-23-13-27-18-5-3-2-4-17(18)24(25)26/h2-13H,1H3/b22-12?,23-13+. The number of aromatic nitrogens is 2. The van der Waals surface area contributed by atoms with Crippen molar-refractivity contribution in [3.05, 3.63) is 76.6 Å². The monoisotopic (exact) mass is 409 g/mol. The van der Waals surface area contributed by atoms with E-state index >= 15 is 0 Å². The third-order valence-electron chi connectivity index (χ3n) is 3.40. The van der Waals surface area contributed by atoms with Crippen LogP contribution in [-0.4, -0.2) is 27.7 Å². The SMILES string of the molecule is Cc1cnc(Sc2ccc(N=CO/N=C/Oc3ccccc3[N+](=O)[O-])cc2)nc1. The Morgan fingerprint density at radius 1 is 1.07 bits per heavy atom. The average Bonchev–Trinajstić information content (AvgIpc) is 2.73. The van der Waals surface area contributed by atoms with Gasteiger partial charge >= 0.3 is 5.69 Å². The molecular formula is C19H15N5O4S. The zero-order valence-electron chi connectivity index (χ0n) is 15.2. The van der Waals surface area contributed by atoms with Gasteiger partial charge in [-0.15, -0.1) is 0 Å². The molecule has 146 valence electrons. The first-order valence-electron chi connectivity index (χ1n) is 8.28. The highest BCUT2D eigenvalue weighted by atomic mass is 32.2. The molecule has 3 aromatic rings. The minimum atomic E-state index is -0.543. The van der Waals surface area contributed by atoms with E-state index in [1.54, 1.807) is 24.5 Å². The molecule has 0 saturated carbocycles. The van der Waals surface area contributed by atoms with Crippen molar-refractivity contribution in [3.8, 4) is 5.75 Å². The predicted molar refractivity (Wildman–Crippen MR) is 109 cm³/mol. The fraction of sp³-hybridized carbons (Fsp3) is 0.0526. The number of oxime groups is 1. The van der Waals surface area contributed by atoms with Gasteiger partial charge in [-0.2, -0.15) is 0 Å². The molecule has 0 amide bonds. The van der Waals surface area contributed by atoms with Gasteiger partial charge in [-0.1, -0.05) is 12.1 Å². The molecule has 0 spiro atoms. The Balaban J connectivity index is 1.48. The number of aryl methyl sites for hydroxylation is 1. The lowest BCUT2D eigenvalue weighted by atomic mass is 10.3. The van der Waals surface area contributed by atoms with Gasteiger partial charge in [-0.25, -0.2) is 15.0 Å². The van der Waals surface area contributed by atoms with Gasteiger partial charge < -0.3 is 9.57 Å².